The third-order valence-electron chi connectivity index (χ3n) is 7.57. The largest absolute Gasteiger partial charge is 0.366 e. The summed E-state index contributed by atoms with van der Waals surface area (Å²) in [7, 11) is 0. The first kappa shape index (κ1) is 26.9. The molecule has 8 nitrogen and oxygen atoms in total. The summed E-state index contributed by atoms with van der Waals surface area (Å²) < 4.78 is 20.9. The molecule has 4 aromatic rings. The minimum absolute atomic E-state index is 0.0448. The van der Waals surface area contributed by atoms with Crippen LogP contribution in [0, 0.1) is 11.2 Å². The highest BCUT2D eigenvalue weighted by atomic mass is 127. The van der Waals surface area contributed by atoms with Gasteiger partial charge < -0.3 is 15.4 Å². The van der Waals surface area contributed by atoms with E-state index in [2.05, 4.69) is 42.4 Å². The number of aromatic nitrogens is 4. The zero-order valence-corrected chi connectivity index (χ0v) is 24.5. The lowest BCUT2D eigenvalue weighted by Crippen LogP contribution is -2.50. The van der Waals surface area contributed by atoms with Gasteiger partial charge in [-0.2, -0.15) is 0 Å². The van der Waals surface area contributed by atoms with Crippen LogP contribution in [0.4, 0.5) is 10.2 Å². The third-order valence-corrected chi connectivity index (χ3v) is 10.2. The molecule has 0 unspecified atom stereocenters. The van der Waals surface area contributed by atoms with Gasteiger partial charge in [0.05, 0.1) is 47.8 Å². The van der Waals surface area contributed by atoms with Crippen LogP contribution in [0.25, 0.3) is 10.9 Å². The summed E-state index contributed by atoms with van der Waals surface area (Å²) in [6, 6.07) is 9.78. The maximum absolute atomic E-state index is 13.6. The van der Waals surface area contributed by atoms with Crippen molar-refractivity contribution >= 4 is 62.7 Å². The van der Waals surface area contributed by atoms with E-state index in [1.807, 2.05) is 6.07 Å². The number of halogens is 3. The van der Waals surface area contributed by atoms with E-state index in [9.17, 15) is 9.18 Å². The Morgan fingerprint density at radius 1 is 1.18 bits per heavy atom. The molecule has 202 valence electrons. The van der Waals surface area contributed by atoms with Gasteiger partial charge in [-0.05, 0) is 65.3 Å². The number of nitrogens with two attached hydrogens (primary N) is 1. The first-order valence-corrected chi connectivity index (χ1v) is 15.0. The number of fused-ring (bicyclic) bond motifs is 1. The molecule has 6 rings (SSSR count). The molecule has 2 aromatic heterocycles. The number of alkyl halides is 1. The normalized spacial score (nSPS) is 20.7. The fraction of sp³-hybridized carbons (Fsp3) is 0.333. The van der Waals surface area contributed by atoms with E-state index in [4.69, 9.17) is 22.1 Å². The number of anilines is 1. The van der Waals surface area contributed by atoms with Crippen LogP contribution < -0.4 is 16.2 Å². The Morgan fingerprint density at radius 3 is 2.69 bits per heavy atom. The summed E-state index contributed by atoms with van der Waals surface area (Å²) >= 11 is 10.3. The van der Waals surface area contributed by atoms with Crippen molar-refractivity contribution < 1.29 is 9.13 Å². The van der Waals surface area contributed by atoms with E-state index >= 15 is 0 Å². The molecule has 4 heterocycles. The van der Waals surface area contributed by atoms with Gasteiger partial charge in [-0.3, -0.25) is 9.36 Å². The Kier molecular flexibility index (Phi) is 7.53. The van der Waals surface area contributed by atoms with Gasteiger partial charge >= 0.3 is 0 Å². The van der Waals surface area contributed by atoms with Gasteiger partial charge in [0.15, 0.2) is 0 Å². The van der Waals surface area contributed by atoms with Gasteiger partial charge in [-0.1, -0.05) is 35.5 Å². The number of benzene rings is 2. The Hall–Kier alpha value is -2.32. The van der Waals surface area contributed by atoms with E-state index in [1.54, 1.807) is 30.6 Å². The predicted molar refractivity (Wildman–Crippen MR) is 158 cm³/mol. The van der Waals surface area contributed by atoms with E-state index < -0.39 is 0 Å². The minimum atomic E-state index is -0.357. The van der Waals surface area contributed by atoms with Crippen molar-refractivity contribution in [3.63, 3.8) is 0 Å². The van der Waals surface area contributed by atoms with Gasteiger partial charge in [0.25, 0.3) is 5.56 Å². The van der Waals surface area contributed by atoms with Crippen molar-refractivity contribution in [2.24, 2.45) is 11.1 Å². The highest BCUT2D eigenvalue weighted by Gasteiger charge is 2.48. The minimum Gasteiger partial charge on any atom is -0.366 e. The summed E-state index contributed by atoms with van der Waals surface area (Å²) in [5, 5.41) is 1.28. The molecule has 12 heteroatoms. The Bertz CT molecular complexity index is 1580. The van der Waals surface area contributed by atoms with Crippen LogP contribution in [0.1, 0.15) is 18.4 Å². The molecule has 2 atom stereocenters. The fourth-order valence-corrected chi connectivity index (χ4v) is 7.29. The van der Waals surface area contributed by atoms with Crippen LogP contribution in [0.2, 0.25) is 5.02 Å². The SMILES string of the molecule is N[C@@H]1[C@H](I)OCC12CCN(c1cnc(Sc3ccc4ncn(Cc5cccc(F)c5)c(=O)c4c3Cl)cn1)CC2. The number of hydrogen-bond acceptors (Lipinski definition) is 8. The molecule has 2 aromatic carbocycles. The molecule has 0 amide bonds. The van der Waals surface area contributed by atoms with E-state index in [-0.39, 0.29) is 33.5 Å². The molecule has 2 fully saturated rings. The first-order chi connectivity index (χ1) is 18.8. The number of hydrogen-bond donors (Lipinski definition) is 1. The van der Waals surface area contributed by atoms with Crippen LogP contribution in [-0.4, -0.2) is 49.4 Å². The Balaban J connectivity index is 1.18. The number of rotatable bonds is 5. The summed E-state index contributed by atoms with van der Waals surface area (Å²) in [5.41, 5.74) is 7.35. The van der Waals surface area contributed by atoms with Gasteiger partial charge in [0, 0.05) is 29.4 Å². The van der Waals surface area contributed by atoms with Crippen molar-refractivity contribution in [3.8, 4) is 0 Å². The molecule has 0 saturated carbocycles. The van der Waals surface area contributed by atoms with Gasteiger partial charge in [0.2, 0.25) is 0 Å². The predicted octanol–water partition coefficient (Wildman–Crippen LogP) is 4.88. The molecule has 0 aliphatic carbocycles. The van der Waals surface area contributed by atoms with Crippen molar-refractivity contribution in [1.82, 2.24) is 19.5 Å². The van der Waals surface area contributed by atoms with Crippen LogP contribution in [0.15, 0.2) is 69.8 Å². The lowest BCUT2D eigenvalue weighted by Gasteiger charge is -2.41. The van der Waals surface area contributed by atoms with Crippen LogP contribution in [0.5, 0.6) is 0 Å². The quantitative estimate of drug-likeness (QED) is 0.236. The Morgan fingerprint density at radius 2 is 2.00 bits per heavy atom. The monoisotopic (exact) mass is 678 g/mol. The molecule has 2 aliphatic rings. The molecule has 2 saturated heterocycles. The number of ether oxygens (including phenoxy) is 1. The molecule has 0 radical (unpaired) electrons. The second-order valence-corrected chi connectivity index (χ2v) is 12.6. The summed E-state index contributed by atoms with van der Waals surface area (Å²) in [6.07, 6.45) is 6.88. The van der Waals surface area contributed by atoms with Crippen molar-refractivity contribution in [3.05, 3.63) is 81.9 Å². The van der Waals surface area contributed by atoms with E-state index in [0.29, 0.717) is 31.4 Å². The molecule has 39 heavy (non-hydrogen) atoms. The topological polar surface area (TPSA) is 99.2 Å². The van der Waals surface area contributed by atoms with E-state index in [0.717, 1.165) is 38.4 Å². The highest BCUT2D eigenvalue weighted by molar-refractivity contribution is 14.1. The smallest absolute Gasteiger partial charge is 0.263 e. The van der Waals surface area contributed by atoms with Crippen LogP contribution >= 0.6 is 46.0 Å². The lowest BCUT2D eigenvalue weighted by atomic mass is 9.75. The second kappa shape index (κ2) is 10.9. The van der Waals surface area contributed by atoms with Gasteiger partial charge in [-0.25, -0.2) is 19.3 Å². The molecular weight excluding hydrogens is 654 g/mol. The van der Waals surface area contributed by atoms with Crippen molar-refractivity contribution in [2.75, 3.05) is 24.6 Å². The number of nitrogens with zero attached hydrogens (tertiary/aromatic N) is 5. The Labute approximate surface area is 247 Å². The average Bonchev–Trinajstić information content (AvgIpc) is 3.21. The molecule has 1 spiro atoms. The lowest BCUT2D eigenvalue weighted by molar-refractivity contribution is 0.127. The second-order valence-electron chi connectivity index (χ2n) is 9.93. The summed E-state index contributed by atoms with van der Waals surface area (Å²) in [4.78, 5) is 29.8. The molecule has 0 bridgehead atoms. The fourth-order valence-electron chi connectivity index (χ4n) is 5.23. The highest BCUT2D eigenvalue weighted by Crippen LogP contribution is 2.43. The molecular formula is C27H25ClFIN6O2S. The van der Waals surface area contributed by atoms with Crippen LogP contribution in [-0.2, 0) is 11.3 Å². The maximum atomic E-state index is 13.6. The maximum Gasteiger partial charge on any atom is 0.263 e. The van der Waals surface area contributed by atoms with Gasteiger partial charge in [-0.15, -0.1) is 0 Å². The zero-order chi connectivity index (χ0) is 27.1. The molecule has 2 N–H and O–H groups in total. The summed E-state index contributed by atoms with van der Waals surface area (Å²) in [5.74, 6) is 0.464. The third kappa shape index (κ3) is 5.26. The van der Waals surface area contributed by atoms with E-state index in [1.165, 1.54) is 34.8 Å². The standard InChI is InChI=1S/C27H25ClFIN6O2S/c28-23-19(5-4-18-22(23)26(37)36(15-34-18)13-16-2-1-3-17(29)10-16)39-21-12-32-20(11-33-21)35-8-6-27(7-9-35)14-38-25(30)24(27)31/h1-5,10-12,15,24-25H,6-9,13-14,31H2/t24-,25-/m1/s1. The molecule has 2 aliphatic heterocycles. The average molecular weight is 679 g/mol. The zero-order valence-electron chi connectivity index (χ0n) is 20.8. The van der Waals surface area contributed by atoms with Crippen molar-refractivity contribution in [2.45, 2.75) is 39.5 Å². The number of piperidine rings is 1. The summed E-state index contributed by atoms with van der Waals surface area (Å²) in [6.45, 7) is 2.62. The first-order valence-electron chi connectivity index (χ1n) is 12.5. The van der Waals surface area contributed by atoms with Gasteiger partial charge in [0.1, 0.15) is 20.8 Å². The van der Waals surface area contributed by atoms with Crippen LogP contribution in [0.3, 0.4) is 0 Å². The van der Waals surface area contributed by atoms with Crippen molar-refractivity contribution in [1.29, 1.82) is 0 Å².